The Balaban J connectivity index is 0.000000340. The minimum atomic E-state index is -2.79. The maximum Gasteiger partial charge on any atom is 0.537 e. The molecule has 0 radical (unpaired) electrons. The van der Waals surface area contributed by atoms with E-state index in [2.05, 4.69) is 0 Å². The zero-order valence-electron chi connectivity index (χ0n) is 21.1. The summed E-state index contributed by atoms with van der Waals surface area (Å²) >= 11 is 11.9. The van der Waals surface area contributed by atoms with Crippen LogP contribution in [0.4, 0.5) is 0 Å². The monoisotopic (exact) mass is 548 g/mol. The molecule has 0 saturated heterocycles. The van der Waals surface area contributed by atoms with Crippen molar-refractivity contribution in [3.05, 3.63) is 58.6 Å². The van der Waals surface area contributed by atoms with Gasteiger partial charge in [0.1, 0.15) is 0 Å². The predicted octanol–water partition coefficient (Wildman–Crippen LogP) is 5.19. The van der Waals surface area contributed by atoms with Crippen molar-refractivity contribution in [3.63, 3.8) is 0 Å². The Kier molecular flexibility index (Phi) is 15.4. The van der Waals surface area contributed by atoms with Gasteiger partial charge in [0, 0.05) is 60.1 Å². The average Bonchev–Trinajstić information content (AvgIpc) is 2.81. The molecule has 0 N–H and O–H groups in total. The molecule has 2 rings (SSSR count). The van der Waals surface area contributed by atoms with E-state index in [9.17, 15) is 0 Å². The quantitative estimate of drug-likeness (QED) is 0.303. The van der Waals surface area contributed by atoms with Crippen molar-refractivity contribution in [1.29, 1.82) is 0 Å². The maximum atomic E-state index is 6.01. The third-order valence-corrected chi connectivity index (χ3v) is 10.9. The van der Waals surface area contributed by atoms with Crippen molar-refractivity contribution in [3.8, 4) is 0 Å². The Bertz CT molecular complexity index is 776. The molecule has 0 aliphatic heterocycles. The fraction of sp³-hybridized carbons (Fsp3) is 0.500. The van der Waals surface area contributed by atoms with E-state index >= 15 is 0 Å². The number of rotatable bonds is 14. The highest BCUT2D eigenvalue weighted by atomic mass is 35.5. The van der Waals surface area contributed by atoms with Crippen LogP contribution in [0.1, 0.15) is 41.5 Å². The van der Waals surface area contributed by atoms with Crippen LogP contribution in [0.2, 0.25) is 10.0 Å². The first-order chi connectivity index (χ1) is 16.4. The van der Waals surface area contributed by atoms with Crippen molar-refractivity contribution >= 4 is 51.2 Å². The summed E-state index contributed by atoms with van der Waals surface area (Å²) in [6, 6.07) is 15.0. The van der Waals surface area contributed by atoms with Gasteiger partial charge in [0.2, 0.25) is 0 Å². The average molecular weight is 550 g/mol. The second kappa shape index (κ2) is 16.8. The van der Waals surface area contributed by atoms with Gasteiger partial charge in [-0.3, -0.25) is 0 Å². The predicted molar refractivity (Wildman–Crippen MR) is 143 cm³/mol. The number of hydrogen-bond donors (Lipinski definition) is 0. The molecule has 0 saturated carbocycles. The third kappa shape index (κ3) is 9.35. The molecule has 0 unspecified atom stereocenters. The van der Waals surface area contributed by atoms with Crippen molar-refractivity contribution in [2.45, 2.75) is 41.5 Å². The Morgan fingerprint density at radius 2 is 0.882 bits per heavy atom. The van der Waals surface area contributed by atoms with Gasteiger partial charge in [0.05, 0.1) is 0 Å². The van der Waals surface area contributed by atoms with Gasteiger partial charge in [0.25, 0.3) is 0 Å². The zero-order valence-corrected chi connectivity index (χ0v) is 24.6. The highest BCUT2D eigenvalue weighted by molar-refractivity contribution is 6.76. The zero-order chi connectivity index (χ0) is 25.5. The lowest BCUT2D eigenvalue weighted by Crippen LogP contribution is -2.56. The van der Waals surface area contributed by atoms with Gasteiger partial charge in [-0.25, -0.2) is 0 Å². The fourth-order valence-corrected chi connectivity index (χ4v) is 8.62. The van der Waals surface area contributed by atoms with Gasteiger partial charge < -0.3 is 26.6 Å². The van der Waals surface area contributed by atoms with Gasteiger partial charge in [-0.2, -0.15) is 0 Å². The second-order valence-corrected chi connectivity index (χ2v) is 12.7. The summed E-state index contributed by atoms with van der Waals surface area (Å²) in [7, 11) is -5.54. The Labute approximate surface area is 217 Å². The Hall–Kier alpha value is -0.786. The molecule has 10 heteroatoms. The van der Waals surface area contributed by atoms with Crippen molar-refractivity contribution in [2.75, 3.05) is 39.6 Å². The highest BCUT2D eigenvalue weighted by Gasteiger charge is 2.44. The van der Waals surface area contributed by atoms with Crippen LogP contribution in [0.5, 0.6) is 0 Å². The summed E-state index contributed by atoms with van der Waals surface area (Å²) in [4.78, 5) is 0. The minimum absolute atomic E-state index is 0.554. The first kappa shape index (κ1) is 31.2. The molecule has 6 nitrogen and oxygen atoms in total. The van der Waals surface area contributed by atoms with Gasteiger partial charge in [-0.1, -0.05) is 47.5 Å². The molecule has 2 aromatic carbocycles. The van der Waals surface area contributed by atoms with Crippen molar-refractivity contribution in [1.82, 2.24) is 0 Å². The topological polar surface area (TPSA) is 55.4 Å². The molecule has 192 valence electrons. The summed E-state index contributed by atoms with van der Waals surface area (Å²) in [5.41, 5.74) is 0. The van der Waals surface area contributed by atoms with Gasteiger partial charge in [0.15, 0.2) is 0 Å². The van der Waals surface area contributed by atoms with Crippen LogP contribution in [-0.2, 0) is 26.6 Å². The standard InChI is InChI=1S/2C12H19ClO3Si/c1-4-14-17(15-5-2,16-6-3)12-9-7-11(13)8-10-12;1-4-14-17(15-5-2,16-6-3)12-9-7-8-11(13)10-12/h2*7-10H,4-6H2,1-3H3. The molecule has 0 fully saturated rings. The lowest BCUT2D eigenvalue weighted by molar-refractivity contribution is 0.0851. The lowest BCUT2D eigenvalue weighted by Gasteiger charge is -2.28. The maximum absolute atomic E-state index is 6.01. The number of benzene rings is 2. The molecule has 0 heterocycles. The van der Waals surface area contributed by atoms with E-state index in [4.69, 9.17) is 49.8 Å². The van der Waals surface area contributed by atoms with Crippen molar-refractivity contribution in [2.24, 2.45) is 0 Å². The molecular formula is C24H38Cl2O6Si2. The van der Waals surface area contributed by atoms with Crippen LogP contribution in [0, 0.1) is 0 Å². The molecular weight excluding hydrogens is 511 g/mol. The summed E-state index contributed by atoms with van der Waals surface area (Å²) in [5.74, 6) is 0. The van der Waals surface area contributed by atoms with Crippen LogP contribution < -0.4 is 10.4 Å². The van der Waals surface area contributed by atoms with E-state index in [1.165, 1.54) is 0 Å². The molecule has 0 bridgehead atoms. The summed E-state index contributed by atoms with van der Waals surface area (Å²) < 4.78 is 34.7. The number of hydrogen-bond acceptors (Lipinski definition) is 6. The van der Waals surface area contributed by atoms with E-state index in [-0.39, 0.29) is 0 Å². The molecule has 34 heavy (non-hydrogen) atoms. The molecule has 0 aliphatic carbocycles. The van der Waals surface area contributed by atoms with Crippen LogP contribution >= 0.6 is 23.2 Å². The minimum Gasteiger partial charge on any atom is -0.370 e. The molecule has 0 aliphatic rings. The summed E-state index contributed by atoms with van der Waals surface area (Å²) in [6.07, 6.45) is 0. The smallest absolute Gasteiger partial charge is 0.370 e. The Morgan fingerprint density at radius 3 is 1.24 bits per heavy atom. The van der Waals surface area contributed by atoms with Gasteiger partial charge >= 0.3 is 17.6 Å². The van der Waals surface area contributed by atoms with E-state index in [1.807, 2.05) is 90.1 Å². The van der Waals surface area contributed by atoms with E-state index in [1.54, 1.807) is 0 Å². The molecule has 0 atom stereocenters. The normalized spacial score (nSPS) is 11.8. The second-order valence-electron chi connectivity index (χ2n) is 6.73. The molecule has 0 aromatic heterocycles. The summed E-state index contributed by atoms with van der Waals surface area (Å²) in [5, 5.41) is 3.22. The lowest BCUT2D eigenvalue weighted by atomic mass is 10.4. The van der Waals surface area contributed by atoms with Gasteiger partial charge in [-0.05, 0) is 65.8 Å². The first-order valence-electron chi connectivity index (χ1n) is 11.7. The van der Waals surface area contributed by atoms with Crippen LogP contribution in [0.25, 0.3) is 0 Å². The van der Waals surface area contributed by atoms with Crippen LogP contribution in [0.15, 0.2) is 48.5 Å². The van der Waals surface area contributed by atoms with Gasteiger partial charge in [-0.15, -0.1) is 0 Å². The molecule has 0 amide bonds. The molecule has 2 aromatic rings. The number of halogens is 2. The van der Waals surface area contributed by atoms with Crippen LogP contribution in [0.3, 0.4) is 0 Å². The Morgan fingerprint density at radius 1 is 0.500 bits per heavy atom. The van der Waals surface area contributed by atoms with E-state index in [0.717, 1.165) is 10.4 Å². The molecule has 0 spiro atoms. The van der Waals surface area contributed by atoms with Crippen LogP contribution in [-0.4, -0.2) is 57.3 Å². The third-order valence-electron chi connectivity index (χ3n) is 4.38. The van der Waals surface area contributed by atoms with E-state index in [0.29, 0.717) is 49.7 Å². The van der Waals surface area contributed by atoms with Crippen molar-refractivity contribution < 1.29 is 26.6 Å². The van der Waals surface area contributed by atoms with E-state index < -0.39 is 17.6 Å². The highest BCUT2D eigenvalue weighted by Crippen LogP contribution is 2.15. The first-order valence-corrected chi connectivity index (χ1v) is 15.9. The summed E-state index contributed by atoms with van der Waals surface area (Å²) in [6.45, 7) is 15.0. The fourth-order valence-electron chi connectivity index (χ4n) is 3.22. The largest absolute Gasteiger partial charge is 0.537 e. The SMILES string of the molecule is CCO[Si](OCC)(OCC)c1ccc(Cl)cc1.CCO[Si](OCC)(OCC)c1cccc(Cl)c1.